The molecule has 0 aliphatic rings. The summed E-state index contributed by atoms with van der Waals surface area (Å²) in [7, 11) is 0. The topological polar surface area (TPSA) is 69.0 Å². The number of thioether (sulfide) groups is 1. The monoisotopic (exact) mass is 478 g/mol. The molecule has 0 aliphatic carbocycles. The second-order valence-corrected chi connectivity index (χ2v) is 8.22. The molecular weight excluding hydrogens is 458 g/mol. The van der Waals surface area contributed by atoms with Crippen LogP contribution in [-0.2, 0) is 11.3 Å². The highest BCUT2D eigenvalue weighted by atomic mass is 35.5. The SMILES string of the molecule is C=CCn1c(SCC(=O)Nc2ccc(F)cc2F)nnc1C(C)Oc1ccc(Cl)c(C)c1. The number of allylic oxidation sites excluding steroid dienone is 1. The predicted molar refractivity (Wildman–Crippen MR) is 121 cm³/mol. The van der Waals surface area contributed by atoms with Crippen molar-refractivity contribution in [3.63, 3.8) is 0 Å². The molecule has 3 aromatic rings. The summed E-state index contributed by atoms with van der Waals surface area (Å²) in [5, 5.41) is 11.9. The molecule has 32 heavy (non-hydrogen) atoms. The number of nitrogens with one attached hydrogen (secondary N) is 1. The molecule has 1 heterocycles. The van der Waals surface area contributed by atoms with Crippen LogP contribution in [0.3, 0.4) is 0 Å². The first-order valence-electron chi connectivity index (χ1n) is 9.63. The van der Waals surface area contributed by atoms with Crippen LogP contribution in [0.2, 0.25) is 5.02 Å². The van der Waals surface area contributed by atoms with Crippen LogP contribution >= 0.6 is 23.4 Å². The van der Waals surface area contributed by atoms with Crippen molar-refractivity contribution in [1.29, 1.82) is 0 Å². The van der Waals surface area contributed by atoms with Gasteiger partial charge in [0.1, 0.15) is 17.4 Å². The number of amides is 1. The molecular formula is C22H21ClF2N4O2S. The van der Waals surface area contributed by atoms with E-state index in [-0.39, 0.29) is 11.4 Å². The van der Waals surface area contributed by atoms with Gasteiger partial charge in [0.15, 0.2) is 17.1 Å². The van der Waals surface area contributed by atoms with Gasteiger partial charge in [-0.25, -0.2) is 8.78 Å². The lowest BCUT2D eigenvalue weighted by molar-refractivity contribution is -0.113. The normalized spacial score (nSPS) is 11.8. The van der Waals surface area contributed by atoms with Crippen LogP contribution in [0, 0.1) is 18.6 Å². The molecule has 0 bridgehead atoms. The Morgan fingerprint density at radius 1 is 1.31 bits per heavy atom. The van der Waals surface area contributed by atoms with Crippen molar-refractivity contribution >= 4 is 35.0 Å². The third kappa shape index (κ3) is 5.86. The van der Waals surface area contributed by atoms with Crippen LogP contribution in [0.4, 0.5) is 14.5 Å². The van der Waals surface area contributed by atoms with Gasteiger partial charge in [-0.15, -0.1) is 16.8 Å². The van der Waals surface area contributed by atoms with Crippen molar-refractivity contribution in [2.24, 2.45) is 0 Å². The highest BCUT2D eigenvalue weighted by molar-refractivity contribution is 7.99. The standard InChI is InChI=1S/C22H21ClF2N4O2S/c1-4-9-29-21(14(3)31-16-6-7-17(23)13(2)10-16)27-28-22(29)32-12-20(30)26-19-8-5-15(24)11-18(19)25/h4-8,10-11,14H,1,9,12H2,2-3H3,(H,26,30). The molecule has 1 aromatic heterocycles. The third-order valence-electron chi connectivity index (χ3n) is 4.40. The Morgan fingerprint density at radius 2 is 2.09 bits per heavy atom. The van der Waals surface area contributed by atoms with E-state index in [1.54, 1.807) is 22.8 Å². The van der Waals surface area contributed by atoms with Crippen molar-refractivity contribution in [3.05, 3.63) is 77.1 Å². The number of aryl methyl sites for hydroxylation is 1. The van der Waals surface area contributed by atoms with Crippen molar-refractivity contribution in [2.45, 2.75) is 31.7 Å². The largest absolute Gasteiger partial charge is 0.483 e. The van der Waals surface area contributed by atoms with Gasteiger partial charge >= 0.3 is 0 Å². The smallest absolute Gasteiger partial charge is 0.234 e. The maximum Gasteiger partial charge on any atom is 0.234 e. The van der Waals surface area contributed by atoms with Gasteiger partial charge in [-0.05, 0) is 49.7 Å². The lowest BCUT2D eigenvalue weighted by Gasteiger charge is -2.16. The molecule has 0 radical (unpaired) electrons. The number of carbonyl (C=O) groups is 1. The Labute approximate surface area is 193 Å². The second kappa shape index (κ2) is 10.6. The van der Waals surface area contributed by atoms with E-state index in [2.05, 4.69) is 22.1 Å². The molecule has 0 spiro atoms. The van der Waals surface area contributed by atoms with Crippen LogP contribution in [-0.4, -0.2) is 26.4 Å². The number of nitrogens with zero attached hydrogens (tertiary/aromatic N) is 3. The third-order valence-corrected chi connectivity index (χ3v) is 5.79. The highest BCUT2D eigenvalue weighted by Gasteiger charge is 2.20. The number of ether oxygens (including phenoxy) is 1. The lowest BCUT2D eigenvalue weighted by Crippen LogP contribution is -2.16. The Hall–Kier alpha value is -2.91. The fourth-order valence-electron chi connectivity index (χ4n) is 2.86. The molecule has 0 fully saturated rings. The molecule has 2 aromatic carbocycles. The fraction of sp³-hybridized carbons (Fsp3) is 0.227. The van der Waals surface area contributed by atoms with E-state index in [0.29, 0.717) is 34.4 Å². The Kier molecular flexibility index (Phi) is 7.87. The molecule has 168 valence electrons. The minimum absolute atomic E-state index is 0.0439. The number of halogens is 3. The van der Waals surface area contributed by atoms with Gasteiger partial charge < -0.3 is 10.1 Å². The van der Waals surface area contributed by atoms with Gasteiger partial charge in [0, 0.05) is 17.6 Å². The molecule has 1 unspecified atom stereocenters. The van der Waals surface area contributed by atoms with E-state index in [0.717, 1.165) is 23.4 Å². The van der Waals surface area contributed by atoms with E-state index >= 15 is 0 Å². The average molecular weight is 479 g/mol. The van der Waals surface area contributed by atoms with Gasteiger partial charge in [-0.2, -0.15) is 0 Å². The number of hydrogen-bond donors (Lipinski definition) is 1. The molecule has 0 aliphatic heterocycles. The first-order chi connectivity index (χ1) is 15.3. The van der Waals surface area contributed by atoms with Crippen molar-refractivity contribution in [1.82, 2.24) is 14.8 Å². The van der Waals surface area contributed by atoms with Crippen LogP contribution in [0.1, 0.15) is 24.4 Å². The summed E-state index contributed by atoms with van der Waals surface area (Å²) in [6, 6.07) is 8.32. The molecule has 0 saturated carbocycles. The number of anilines is 1. The lowest BCUT2D eigenvalue weighted by atomic mass is 10.2. The highest BCUT2D eigenvalue weighted by Crippen LogP contribution is 2.27. The summed E-state index contributed by atoms with van der Waals surface area (Å²) in [5.41, 5.74) is 0.800. The van der Waals surface area contributed by atoms with Crippen LogP contribution < -0.4 is 10.1 Å². The molecule has 3 rings (SSSR count). The van der Waals surface area contributed by atoms with Gasteiger partial charge in [-0.1, -0.05) is 29.4 Å². The van der Waals surface area contributed by atoms with Gasteiger partial charge in [-0.3, -0.25) is 9.36 Å². The van der Waals surface area contributed by atoms with Crippen molar-refractivity contribution < 1.29 is 18.3 Å². The quantitative estimate of drug-likeness (QED) is 0.321. The predicted octanol–water partition coefficient (Wildman–Crippen LogP) is 5.57. The first-order valence-corrected chi connectivity index (χ1v) is 11.0. The maximum absolute atomic E-state index is 13.7. The number of carbonyl (C=O) groups excluding carboxylic acids is 1. The molecule has 1 atom stereocenters. The fourth-order valence-corrected chi connectivity index (χ4v) is 3.74. The minimum Gasteiger partial charge on any atom is -0.483 e. The second-order valence-electron chi connectivity index (χ2n) is 6.87. The molecule has 1 N–H and O–H groups in total. The van der Waals surface area contributed by atoms with E-state index < -0.39 is 23.6 Å². The van der Waals surface area contributed by atoms with Crippen LogP contribution in [0.5, 0.6) is 5.75 Å². The number of benzene rings is 2. The summed E-state index contributed by atoms with van der Waals surface area (Å²) in [5.74, 6) is -0.866. The van der Waals surface area contributed by atoms with Gasteiger partial charge in [0.2, 0.25) is 5.91 Å². The zero-order chi connectivity index (χ0) is 23.3. The van der Waals surface area contributed by atoms with Crippen molar-refractivity contribution in [3.8, 4) is 5.75 Å². The summed E-state index contributed by atoms with van der Waals surface area (Å²) >= 11 is 7.20. The summed E-state index contributed by atoms with van der Waals surface area (Å²) < 4.78 is 34.5. The molecule has 0 saturated heterocycles. The van der Waals surface area contributed by atoms with E-state index in [1.807, 2.05) is 19.9 Å². The average Bonchev–Trinajstić information content (AvgIpc) is 3.14. The Bertz CT molecular complexity index is 1140. The van der Waals surface area contributed by atoms with E-state index in [9.17, 15) is 13.6 Å². The van der Waals surface area contributed by atoms with Crippen LogP contribution in [0.25, 0.3) is 0 Å². The van der Waals surface area contributed by atoms with Gasteiger partial charge in [0.25, 0.3) is 0 Å². The van der Waals surface area contributed by atoms with E-state index in [1.165, 1.54) is 6.07 Å². The Morgan fingerprint density at radius 3 is 2.78 bits per heavy atom. The summed E-state index contributed by atoms with van der Waals surface area (Å²) in [4.78, 5) is 12.2. The van der Waals surface area contributed by atoms with E-state index in [4.69, 9.17) is 16.3 Å². The Balaban J connectivity index is 1.68. The zero-order valence-corrected chi connectivity index (χ0v) is 19.0. The molecule has 1 amide bonds. The maximum atomic E-state index is 13.7. The summed E-state index contributed by atoms with van der Waals surface area (Å²) in [6.45, 7) is 7.89. The minimum atomic E-state index is -0.844. The number of hydrogen-bond acceptors (Lipinski definition) is 5. The van der Waals surface area contributed by atoms with Crippen molar-refractivity contribution in [2.75, 3.05) is 11.1 Å². The number of rotatable bonds is 9. The van der Waals surface area contributed by atoms with Crippen LogP contribution in [0.15, 0.2) is 54.2 Å². The molecule has 10 heteroatoms. The summed E-state index contributed by atoms with van der Waals surface area (Å²) in [6.07, 6.45) is 1.25. The first kappa shape index (κ1) is 23.7. The zero-order valence-electron chi connectivity index (χ0n) is 17.4. The molecule has 6 nitrogen and oxygen atoms in total. The van der Waals surface area contributed by atoms with Gasteiger partial charge in [0.05, 0.1) is 11.4 Å². The number of aromatic nitrogens is 3.